The van der Waals surface area contributed by atoms with E-state index in [-0.39, 0.29) is 24.6 Å². The molecular weight excluding hydrogens is 326 g/mol. The highest BCUT2D eigenvalue weighted by atomic mass is 16.7. The number of aromatic nitrogens is 6. The number of hydrogen-bond donors (Lipinski definition) is 2. The maximum absolute atomic E-state index is 12.4. The molecule has 10 nitrogen and oxygen atoms in total. The Bertz CT molecular complexity index is 919. The van der Waals surface area contributed by atoms with E-state index in [1.807, 2.05) is 25.1 Å². The molecule has 0 saturated heterocycles. The van der Waals surface area contributed by atoms with Crippen molar-refractivity contribution in [2.24, 2.45) is 0 Å². The normalized spacial score (nSPS) is 13.7. The van der Waals surface area contributed by atoms with Crippen molar-refractivity contribution in [3.05, 3.63) is 41.7 Å². The van der Waals surface area contributed by atoms with Crippen LogP contribution in [0.15, 0.2) is 24.5 Å². The van der Waals surface area contributed by atoms with Gasteiger partial charge in [0.05, 0.1) is 6.04 Å². The summed E-state index contributed by atoms with van der Waals surface area (Å²) in [6, 6.07) is 5.30. The summed E-state index contributed by atoms with van der Waals surface area (Å²) in [6.45, 7) is 3.81. The summed E-state index contributed by atoms with van der Waals surface area (Å²) in [4.78, 5) is 20.6. The first kappa shape index (κ1) is 15.1. The first-order chi connectivity index (χ1) is 12.1. The van der Waals surface area contributed by atoms with Gasteiger partial charge in [-0.2, -0.15) is 14.8 Å². The molecule has 0 spiro atoms. The van der Waals surface area contributed by atoms with Crippen molar-refractivity contribution >= 4 is 5.91 Å². The third-order valence-electron chi connectivity index (χ3n) is 3.82. The zero-order valence-corrected chi connectivity index (χ0v) is 13.6. The van der Waals surface area contributed by atoms with E-state index in [1.165, 1.54) is 11.0 Å². The van der Waals surface area contributed by atoms with Crippen LogP contribution in [0.3, 0.4) is 0 Å². The van der Waals surface area contributed by atoms with Gasteiger partial charge in [0.25, 0.3) is 5.91 Å². The van der Waals surface area contributed by atoms with Gasteiger partial charge in [-0.15, -0.1) is 5.10 Å². The van der Waals surface area contributed by atoms with Gasteiger partial charge in [0.1, 0.15) is 12.2 Å². The van der Waals surface area contributed by atoms with E-state index >= 15 is 0 Å². The van der Waals surface area contributed by atoms with Gasteiger partial charge in [-0.25, -0.2) is 10.1 Å². The number of H-pyrrole nitrogens is 1. The maximum Gasteiger partial charge on any atom is 0.291 e. The predicted octanol–water partition coefficient (Wildman–Crippen LogP) is 0.914. The summed E-state index contributed by atoms with van der Waals surface area (Å²) in [5, 5.41) is 13.5. The van der Waals surface area contributed by atoms with Crippen LogP contribution >= 0.6 is 0 Å². The van der Waals surface area contributed by atoms with Gasteiger partial charge in [-0.05, 0) is 31.5 Å². The average Bonchev–Trinajstić information content (AvgIpc) is 3.34. The molecule has 0 aliphatic carbocycles. The minimum absolute atomic E-state index is 0.0569. The molecule has 0 fully saturated rings. The van der Waals surface area contributed by atoms with Crippen molar-refractivity contribution < 1.29 is 14.3 Å². The Labute approximate surface area is 142 Å². The second kappa shape index (κ2) is 5.89. The zero-order chi connectivity index (χ0) is 17.4. The first-order valence-corrected chi connectivity index (χ1v) is 7.61. The summed E-state index contributed by atoms with van der Waals surface area (Å²) in [6.07, 6.45) is 1.36. The zero-order valence-electron chi connectivity index (χ0n) is 13.6. The van der Waals surface area contributed by atoms with Crippen molar-refractivity contribution in [1.29, 1.82) is 0 Å². The van der Waals surface area contributed by atoms with Gasteiger partial charge in [0, 0.05) is 0 Å². The lowest BCUT2D eigenvalue weighted by atomic mass is 10.1. The van der Waals surface area contributed by atoms with Crippen LogP contribution in [0.1, 0.15) is 35.0 Å². The molecule has 1 atom stereocenters. The molecule has 10 heteroatoms. The number of aryl methyl sites for hydroxylation is 1. The summed E-state index contributed by atoms with van der Waals surface area (Å²) >= 11 is 0. The Kier molecular flexibility index (Phi) is 3.56. The van der Waals surface area contributed by atoms with Gasteiger partial charge in [-0.1, -0.05) is 6.07 Å². The minimum atomic E-state index is -0.383. The molecule has 1 aromatic carbocycles. The third kappa shape index (κ3) is 2.77. The van der Waals surface area contributed by atoms with E-state index in [4.69, 9.17) is 9.47 Å². The van der Waals surface area contributed by atoms with Crippen LogP contribution in [0.4, 0.5) is 0 Å². The summed E-state index contributed by atoms with van der Waals surface area (Å²) in [7, 11) is 0. The number of carbonyl (C=O) groups is 1. The van der Waals surface area contributed by atoms with E-state index in [0.29, 0.717) is 23.3 Å². The second-order valence-electron chi connectivity index (χ2n) is 5.51. The lowest BCUT2D eigenvalue weighted by molar-refractivity contribution is 0.0929. The van der Waals surface area contributed by atoms with Crippen molar-refractivity contribution in [2.45, 2.75) is 19.9 Å². The highest BCUT2D eigenvalue weighted by Gasteiger charge is 2.20. The fraction of sp³-hybridized carbons (Fsp3) is 0.267. The van der Waals surface area contributed by atoms with Crippen molar-refractivity contribution in [3.8, 4) is 17.4 Å². The second-order valence-corrected chi connectivity index (χ2v) is 5.51. The van der Waals surface area contributed by atoms with Gasteiger partial charge >= 0.3 is 0 Å². The molecule has 3 heterocycles. The fourth-order valence-corrected chi connectivity index (χ4v) is 2.51. The van der Waals surface area contributed by atoms with Crippen LogP contribution in [0, 0.1) is 6.92 Å². The van der Waals surface area contributed by atoms with Crippen molar-refractivity contribution in [3.63, 3.8) is 0 Å². The lowest BCUT2D eigenvalue weighted by Crippen LogP contribution is -2.27. The van der Waals surface area contributed by atoms with Crippen LogP contribution < -0.4 is 14.8 Å². The van der Waals surface area contributed by atoms with E-state index in [2.05, 4.69) is 30.6 Å². The SMILES string of the molecule is Cc1nc(C(=O)N[C@H](C)c2ccc3c(c2)OCO3)nn1-c1ncn[nH]1. The van der Waals surface area contributed by atoms with E-state index in [0.717, 1.165) is 5.56 Å². The number of rotatable bonds is 4. The monoisotopic (exact) mass is 341 g/mol. The standard InChI is InChI=1S/C15H15N7O3/c1-8(10-3-4-11-12(5-10)25-7-24-11)18-14(23)13-19-9(2)22(21-13)15-16-6-17-20-15/h3-6,8H,7H2,1-2H3,(H,18,23)(H,16,17,20)/t8-/m1/s1. The Morgan fingerprint density at radius 2 is 2.20 bits per heavy atom. The molecule has 1 aliphatic rings. The number of benzene rings is 1. The third-order valence-corrected chi connectivity index (χ3v) is 3.82. The molecule has 1 amide bonds. The van der Waals surface area contributed by atoms with Crippen molar-refractivity contribution in [2.75, 3.05) is 6.79 Å². The number of amides is 1. The lowest BCUT2D eigenvalue weighted by Gasteiger charge is -2.13. The van der Waals surface area contributed by atoms with Gasteiger partial charge in [-0.3, -0.25) is 4.79 Å². The largest absolute Gasteiger partial charge is 0.454 e. The topological polar surface area (TPSA) is 120 Å². The highest BCUT2D eigenvalue weighted by molar-refractivity contribution is 5.90. The number of carbonyl (C=O) groups excluding carboxylic acids is 1. The van der Waals surface area contributed by atoms with Gasteiger partial charge in [0.15, 0.2) is 11.5 Å². The summed E-state index contributed by atoms with van der Waals surface area (Å²) in [5.74, 6) is 1.96. The summed E-state index contributed by atoms with van der Waals surface area (Å²) < 4.78 is 12.1. The Balaban J connectivity index is 1.51. The van der Waals surface area contributed by atoms with Crippen molar-refractivity contribution in [1.82, 2.24) is 35.3 Å². The quantitative estimate of drug-likeness (QED) is 0.724. The number of aromatic amines is 1. The molecule has 4 rings (SSSR count). The Morgan fingerprint density at radius 3 is 3.00 bits per heavy atom. The molecule has 1 aliphatic heterocycles. The minimum Gasteiger partial charge on any atom is -0.454 e. The van der Waals surface area contributed by atoms with Gasteiger partial charge < -0.3 is 14.8 Å². The number of hydrogen-bond acceptors (Lipinski definition) is 7. The molecule has 3 aromatic rings. The van der Waals surface area contributed by atoms with Crippen LogP contribution in [0.2, 0.25) is 0 Å². The highest BCUT2D eigenvalue weighted by Crippen LogP contribution is 2.34. The number of nitrogens with one attached hydrogen (secondary N) is 2. The van der Waals surface area contributed by atoms with Gasteiger partial charge in [0.2, 0.25) is 18.6 Å². The molecule has 0 unspecified atom stereocenters. The molecule has 2 N–H and O–H groups in total. The maximum atomic E-state index is 12.4. The number of ether oxygens (including phenoxy) is 2. The Morgan fingerprint density at radius 1 is 1.36 bits per heavy atom. The molecule has 128 valence electrons. The number of fused-ring (bicyclic) bond motifs is 1. The number of nitrogens with zero attached hydrogens (tertiary/aromatic N) is 5. The summed E-state index contributed by atoms with van der Waals surface area (Å²) in [5.41, 5.74) is 0.893. The Hall–Kier alpha value is -3.43. The van der Waals surface area contributed by atoms with Crippen LogP contribution in [-0.2, 0) is 0 Å². The smallest absolute Gasteiger partial charge is 0.291 e. The first-order valence-electron chi connectivity index (χ1n) is 7.61. The van der Waals surface area contributed by atoms with E-state index < -0.39 is 0 Å². The molecule has 0 radical (unpaired) electrons. The van der Waals surface area contributed by atoms with E-state index in [9.17, 15) is 4.79 Å². The molecule has 0 saturated carbocycles. The molecule has 0 bridgehead atoms. The fourth-order valence-electron chi connectivity index (χ4n) is 2.51. The molecule has 2 aromatic heterocycles. The molecule has 25 heavy (non-hydrogen) atoms. The van der Waals surface area contributed by atoms with Crippen LogP contribution in [0.5, 0.6) is 11.5 Å². The average molecular weight is 341 g/mol. The predicted molar refractivity (Wildman–Crippen MR) is 84.5 cm³/mol. The van der Waals surface area contributed by atoms with Crippen LogP contribution in [-0.4, -0.2) is 42.6 Å². The van der Waals surface area contributed by atoms with Crippen LogP contribution in [0.25, 0.3) is 5.95 Å². The van der Waals surface area contributed by atoms with E-state index in [1.54, 1.807) is 6.92 Å². The molecular formula is C15H15N7O3.